The molecule has 4 nitrogen and oxygen atoms in total. The van der Waals surface area contributed by atoms with Crippen LogP contribution in [0.25, 0.3) is 0 Å². The predicted molar refractivity (Wildman–Crippen MR) is 81.8 cm³/mol. The first-order chi connectivity index (χ1) is 10.1. The van der Waals surface area contributed by atoms with Crippen molar-refractivity contribution in [2.45, 2.75) is 31.8 Å². The zero-order valence-corrected chi connectivity index (χ0v) is 12.8. The lowest BCUT2D eigenvalue weighted by Gasteiger charge is -2.30. The third-order valence-corrected chi connectivity index (χ3v) is 5.20. The number of rotatable bonds is 4. The fraction of sp³-hybridized carbons (Fsp3) is 0.588. The second kappa shape index (κ2) is 5.68. The van der Waals surface area contributed by atoms with Crippen LogP contribution in [0.4, 0.5) is 0 Å². The topological polar surface area (TPSA) is 55.6 Å². The molecule has 4 unspecified atom stereocenters. The summed E-state index contributed by atoms with van der Waals surface area (Å²) in [5.41, 5.74) is 7.36. The van der Waals surface area contributed by atoms with Crippen LogP contribution in [0, 0.1) is 17.8 Å². The Morgan fingerprint density at radius 1 is 1.38 bits per heavy atom. The second-order valence-electron chi connectivity index (χ2n) is 6.48. The molecule has 114 valence electrons. The van der Waals surface area contributed by atoms with Gasteiger partial charge in [0.05, 0.1) is 13.0 Å². The first-order valence-corrected chi connectivity index (χ1v) is 7.73. The van der Waals surface area contributed by atoms with Gasteiger partial charge in [0.15, 0.2) is 0 Å². The molecule has 1 aromatic rings. The fourth-order valence-corrected chi connectivity index (χ4v) is 4.08. The number of methoxy groups -OCH3 is 1. The number of carbonyl (C=O) groups is 1. The van der Waals surface area contributed by atoms with E-state index in [1.54, 1.807) is 7.11 Å². The lowest BCUT2D eigenvalue weighted by atomic mass is 9.84. The van der Waals surface area contributed by atoms with Crippen molar-refractivity contribution >= 4 is 5.91 Å². The largest absolute Gasteiger partial charge is 0.497 e. The normalized spacial score (nSPS) is 30.4. The number of amides is 1. The number of nitrogens with zero attached hydrogens (tertiary/aromatic N) is 1. The number of carbonyl (C=O) groups excluding carboxylic acids is 1. The molecule has 0 aliphatic heterocycles. The van der Waals surface area contributed by atoms with Gasteiger partial charge in [-0.2, -0.15) is 0 Å². The zero-order chi connectivity index (χ0) is 15.0. The first-order valence-electron chi connectivity index (χ1n) is 7.73. The van der Waals surface area contributed by atoms with Gasteiger partial charge in [0.1, 0.15) is 5.75 Å². The summed E-state index contributed by atoms with van der Waals surface area (Å²) in [6, 6.07) is 7.92. The van der Waals surface area contributed by atoms with Crippen LogP contribution in [0.2, 0.25) is 0 Å². The average molecular weight is 288 g/mol. The maximum Gasteiger partial charge on any atom is 0.227 e. The summed E-state index contributed by atoms with van der Waals surface area (Å²) in [5.74, 6) is 2.13. The second-order valence-corrected chi connectivity index (χ2v) is 6.48. The van der Waals surface area contributed by atoms with Crippen LogP contribution in [0.1, 0.15) is 24.8 Å². The molecule has 2 bridgehead atoms. The number of hydrogen-bond acceptors (Lipinski definition) is 3. The average Bonchev–Trinajstić information content (AvgIpc) is 3.07. The minimum atomic E-state index is 0.0272. The van der Waals surface area contributed by atoms with Crippen LogP contribution in [0.5, 0.6) is 5.75 Å². The number of ether oxygens (including phenoxy) is 1. The molecule has 1 amide bonds. The third kappa shape index (κ3) is 2.64. The Hall–Kier alpha value is -1.55. The van der Waals surface area contributed by atoms with E-state index in [0.29, 0.717) is 18.4 Å². The van der Waals surface area contributed by atoms with Gasteiger partial charge in [0.2, 0.25) is 5.91 Å². The minimum absolute atomic E-state index is 0.0272. The van der Waals surface area contributed by atoms with Gasteiger partial charge in [0.25, 0.3) is 0 Å². The highest BCUT2D eigenvalue weighted by Crippen LogP contribution is 2.48. The van der Waals surface area contributed by atoms with Crippen molar-refractivity contribution in [3.05, 3.63) is 29.8 Å². The zero-order valence-electron chi connectivity index (χ0n) is 12.8. The number of nitrogens with two attached hydrogens (primary N) is 1. The summed E-state index contributed by atoms with van der Waals surface area (Å²) >= 11 is 0. The van der Waals surface area contributed by atoms with Crippen LogP contribution in [-0.2, 0) is 11.3 Å². The highest BCUT2D eigenvalue weighted by molar-refractivity contribution is 5.80. The van der Waals surface area contributed by atoms with Crippen LogP contribution >= 0.6 is 0 Å². The van der Waals surface area contributed by atoms with E-state index in [9.17, 15) is 4.79 Å². The molecule has 0 saturated heterocycles. The molecule has 2 aliphatic carbocycles. The Morgan fingerprint density at radius 3 is 2.81 bits per heavy atom. The number of benzene rings is 1. The van der Waals surface area contributed by atoms with Gasteiger partial charge in [-0.1, -0.05) is 12.1 Å². The van der Waals surface area contributed by atoms with Crippen molar-refractivity contribution in [2.24, 2.45) is 23.5 Å². The van der Waals surface area contributed by atoms with Crippen molar-refractivity contribution in [3.8, 4) is 5.75 Å². The van der Waals surface area contributed by atoms with Gasteiger partial charge in [-0.15, -0.1) is 0 Å². The van der Waals surface area contributed by atoms with E-state index in [4.69, 9.17) is 10.5 Å². The lowest BCUT2D eigenvalue weighted by molar-refractivity contribution is -0.137. The Morgan fingerprint density at radius 2 is 2.14 bits per heavy atom. The van der Waals surface area contributed by atoms with Gasteiger partial charge in [-0.25, -0.2) is 0 Å². The molecule has 0 radical (unpaired) electrons. The number of fused-ring (bicyclic) bond motifs is 2. The minimum Gasteiger partial charge on any atom is -0.497 e. The van der Waals surface area contributed by atoms with Crippen LogP contribution in [-0.4, -0.2) is 31.0 Å². The summed E-state index contributed by atoms with van der Waals surface area (Å²) in [6.45, 7) is 0.608. The van der Waals surface area contributed by atoms with E-state index >= 15 is 0 Å². The summed E-state index contributed by atoms with van der Waals surface area (Å²) in [4.78, 5) is 14.5. The molecule has 3 rings (SSSR count). The maximum atomic E-state index is 12.7. The van der Waals surface area contributed by atoms with Gasteiger partial charge in [-0.05, 0) is 48.8 Å². The van der Waals surface area contributed by atoms with Gasteiger partial charge in [-0.3, -0.25) is 4.79 Å². The quantitative estimate of drug-likeness (QED) is 0.922. The smallest absolute Gasteiger partial charge is 0.227 e. The van der Waals surface area contributed by atoms with E-state index in [2.05, 4.69) is 0 Å². The molecule has 0 aromatic heterocycles. The van der Waals surface area contributed by atoms with E-state index < -0.39 is 0 Å². The molecule has 1 aromatic carbocycles. The SMILES string of the molecule is COc1cccc(CN(C)C(=O)C2C3CCC(C3)C2N)c1. The van der Waals surface area contributed by atoms with Gasteiger partial charge >= 0.3 is 0 Å². The highest BCUT2D eigenvalue weighted by Gasteiger charge is 2.49. The van der Waals surface area contributed by atoms with Crippen molar-refractivity contribution in [1.29, 1.82) is 0 Å². The van der Waals surface area contributed by atoms with Crippen LogP contribution in [0.15, 0.2) is 24.3 Å². The van der Waals surface area contributed by atoms with Gasteiger partial charge < -0.3 is 15.4 Å². The fourth-order valence-electron chi connectivity index (χ4n) is 4.08. The van der Waals surface area contributed by atoms with Crippen LogP contribution in [0.3, 0.4) is 0 Å². The Bertz CT molecular complexity index is 529. The molecule has 0 spiro atoms. The predicted octanol–water partition coefficient (Wildman–Crippen LogP) is 2.03. The summed E-state index contributed by atoms with van der Waals surface area (Å²) in [5, 5.41) is 0. The molecule has 2 saturated carbocycles. The lowest BCUT2D eigenvalue weighted by Crippen LogP contribution is -2.45. The van der Waals surface area contributed by atoms with Crippen molar-refractivity contribution in [1.82, 2.24) is 4.90 Å². The molecular formula is C17H24N2O2. The first kappa shape index (κ1) is 14.4. The molecular weight excluding hydrogens is 264 g/mol. The summed E-state index contributed by atoms with van der Waals surface area (Å²) < 4.78 is 5.23. The van der Waals surface area contributed by atoms with Crippen molar-refractivity contribution in [2.75, 3.05) is 14.2 Å². The number of hydrogen-bond donors (Lipinski definition) is 1. The molecule has 21 heavy (non-hydrogen) atoms. The Kier molecular flexibility index (Phi) is 3.89. The van der Waals surface area contributed by atoms with E-state index in [-0.39, 0.29) is 17.9 Å². The third-order valence-electron chi connectivity index (χ3n) is 5.20. The van der Waals surface area contributed by atoms with Gasteiger partial charge in [0, 0.05) is 19.6 Å². The van der Waals surface area contributed by atoms with Crippen molar-refractivity contribution in [3.63, 3.8) is 0 Å². The Labute approximate surface area is 126 Å². The molecule has 4 heteroatoms. The molecule has 4 atom stereocenters. The highest BCUT2D eigenvalue weighted by atomic mass is 16.5. The summed E-state index contributed by atoms with van der Waals surface area (Å²) in [7, 11) is 3.53. The standard InChI is InChI=1S/C17H24N2O2/c1-19(10-11-4-3-5-14(8-11)21-2)17(20)15-12-6-7-13(9-12)16(15)18/h3-5,8,12-13,15-16H,6-7,9-10,18H2,1-2H3. The van der Waals surface area contributed by atoms with E-state index in [0.717, 1.165) is 17.7 Å². The van der Waals surface area contributed by atoms with E-state index in [1.807, 2.05) is 36.2 Å². The molecule has 2 fully saturated rings. The Balaban J connectivity index is 1.67. The molecule has 0 heterocycles. The molecule has 2 N–H and O–H groups in total. The monoisotopic (exact) mass is 288 g/mol. The van der Waals surface area contributed by atoms with E-state index in [1.165, 1.54) is 12.8 Å². The maximum absolute atomic E-state index is 12.7. The summed E-state index contributed by atoms with van der Waals surface area (Å²) in [6.07, 6.45) is 3.52. The van der Waals surface area contributed by atoms with Crippen molar-refractivity contribution < 1.29 is 9.53 Å². The molecule has 2 aliphatic rings. The van der Waals surface area contributed by atoms with Crippen LogP contribution < -0.4 is 10.5 Å².